The van der Waals surface area contributed by atoms with Crippen molar-refractivity contribution in [2.75, 3.05) is 43.6 Å². The van der Waals surface area contributed by atoms with E-state index >= 15 is 0 Å². The third kappa shape index (κ3) is 5.30. The number of nitrogens with one attached hydrogen (secondary N) is 2. The zero-order chi connectivity index (χ0) is 17.5. The Balaban J connectivity index is 1.77. The van der Waals surface area contributed by atoms with E-state index in [4.69, 9.17) is 5.11 Å². The van der Waals surface area contributed by atoms with Crippen LogP contribution in [0.1, 0.15) is 26.2 Å². The largest absolute Gasteiger partial charge is 0.396 e. The summed E-state index contributed by atoms with van der Waals surface area (Å²) in [5, 5.41) is 14.8. The second-order valence-electron chi connectivity index (χ2n) is 6.70. The van der Waals surface area contributed by atoms with Gasteiger partial charge in [0.25, 0.3) is 0 Å². The maximum absolute atomic E-state index is 11.9. The topological polar surface area (TPSA) is 67.8 Å². The molecule has 1 fully saturated rings. The minimum absolute atomic E-state index is 0.00898. The van der Waals surface area contributed by atoms with Gasteiger partial charge in [-0.05, 0) is 50.5 Å². The van der Waals surface area contributed by atoms with Crippen molar-refractivity contribution in [1.82, 2.24) is 10.6 Å². The molecule has 0 aromatic heterocycles. The van der Waals surface area contributed by atoms with Crippen LogP contribution >= 0.6 is 0 Å². The summed E-state index contributed by atoms with van der Waals surface area (Å²) in [5.74, 6) is 0. The number of piperidine rings is 1. The Hall–Kier alpha value is -1.95. The van der Waals surface area contributed by atoms with Crippen LogP contribution in [0.2, 0.25) is 0 Å². The van der Waals surface area contributed by atoms with Gasteiger partial charge in [0, 0.05) is 57.3 Å². The average molecular weight is 334 g/mol. The smallest absolute Gasteiger partial charge is 0.315 e. The Morgan fingerprint density at radius 2 is 1.92 bits per heavy atom. The van der Waals surface area contributed by atoms with Crippen molar-refractivity contribution in [3.05, 3.63) is 24.3 Å². The predicted octanol–water partition coefficient (Wildman–Crippen LogP) is 1.79. The van der Waals surface area contributed by atoms with Gasteiger partial charge in [-0.15, -0.1) is 0 Å². The van der Waals surface area contributed by atoms with Crippen molar-refractivity contribution in [2.24, 2.45) is 0 Å². The van der Waals surface area contributed by atoms with Gasteiger partial charge in [-0.2, -0.15) is 0 Å². The molecule has 1 saturated heterocycles. The van der Waals surface area contributed by atoms with E-state index in [1.165, 1.54) is 11.4 Å². The molecule has 0 spiro atoms. The van der Waals surface area contributed by atoms with E-state index in [1.807, 2.05) is 21.0 Å². The number of benzene rings is 1. The van der Waals surface area contributed by atoms with E-state index in [2.05, 4.69) is 44.7 Å². The Morgan fingerprint density at radius 1 is 1.29 bits per heavy atom. The molecule has 24 heavy (non-hydrogen) atoms. The molecule has 1 aromatic carbocycles. The minimum atomic E-state index is -0.135. The predicted molar refractivity (Wildman–Crippen MR) is 98.8 cm³/mol. The molecule has 1 aromatic rings. The summed E-state index contributed by atoms with van der Waals surface area (Å²) in [4.78, 5) is 16.4. The Labute approximate surface area is 144 Å². The average Bonchev–Trinajstić information content (AvgIpc) is 2.55. The van der Waals surface area contributed by atoms with Crippen LogP contribution in [0, 0.1) is 0 Å². The Kier molecular flexibility index (Phi) is 6.73. The van der Waals surface area contributed by atoms with Crippen molar-refractivity contribution in [3.63, 3.8) is 0 Å². The third-order valence-corrected chi connectivity index (χ3v) is 4.50. The number of hydrogen-bond acceptors (Lipinski definition) is 4. The molecule has 1 atom stereocenters. The molecule has 2 rings (SSSR count). The number of anilines is 2. The van der Waals surface area contributed by atoms with Crippen LogP contribution < -0.4 is 20.4 Å². The molecule has 1 aliphatic heterocycles. The maximum atomic E-state index is 11.9. The third-order valence-electron chi connectivity index (χ3n) is 4.50. The van der Waals surface area contributed by atoms with Gasteiger partial charge in [-0.1, -0.05) is 0 Å². The molecular formula is C18H30N4O2. The van der Waals surface area contributed by atoms with Crippen molar-refractivity contribution in [3.8, 4) is 0 Å². The van der Waals surface area contributed by atoms with E-state index < -0.39 is 0 Å². The molecule has 3 N–H and O–H groups in total. The van der Waals surface area contributed by atoms with Crippen LogP contribution in [-0.2, 0) is 0 Å². The molecule has 134 valence electrons. The zero-order valence-corrected chi connectivity index (χ0v) is 15.0. The van der Waals surface area contributed by atoms with Gasteiger partial charge in [0.1, 0.15) is 0 Å². The lowest BCUT2D eigenvalue weighted by molar-refractivity contribution is 0.225. The number of aliphatic hydroxyl groups is 1. The summed E-state index contributed by atoms with van der Waals surface area (Å²) in [5.41, 5.74) is 2.43. The van der Waals surface area contributed by atoms with Gasteiger partial charge in [0.15, 0.2) is 0 Å². The molecule has 6 nitrogen and oxygen atoms in total. The van der Waals surface area contributed by atoms with Gasteiger partial charge in [-0.3, -0.25) is 0 Å². The fraction of sp³-hybridized carbons (Fsp3) is 0.611. The second-order valence-corrected chi connectivity index (χ2v) is 6.70. The molecule has 0 saturated carbocycles. The molecule has 1 aliphatic rings. The highest BCUT2D eigenvalue weighted by molar-refractivity contribution is 5.74. The number of aliphatic hydroxyl groups excluding tert-OH is 1. The molecule has 6 heteroatoms. The molecular weight excluding hydrogens is 304 g/mol. The molecule has 2 amide bonds. The van der Waals surface area contributed by atoms with E-state index in [9.17, 15) is 4.79 Å². The van der Waals surface area contributed by atoms with Crippen LogP contribution in [0.15, 0.2) is 24.3 Å². The van der Waals surface area contributed by atoms with Crippen LogP contribution in [0.25, 0.3) is 0 Å². The van der Waals surface area contributed by atoms with Crippen molar-refractivity contribution >= 4 is 17.4 Å². The standard InChI is InChI=1S/C18H30N4O2/c1-14(10-13-23)19-18(24)20-15-8-11-22(12-9-15)17-6-4-16(5-7-17)21(2)3/h4-7,14-15,23H,8-13H2,1-3H3,(H2,19,20,24)/t14-/m1/s1. The summed E-state index contributed by atoms with van der Waals surface area (Å²) >= 11 is 0. The van der Waals surface area contributed by atoms with Gasteiger partial charge in [0.2, 0.25) is 0 Å². The van der Waals surface area contributed by atoms with Crippen LogP contribution in [-0.4, -0.2) is 57.0 Å². The fourth-order valence-electron chi connectivity index (χ4n) is 2.96. The summed E-state index contributed by atoms with van der Waals surface area (Å²) < 4.78 is 0. The van der Waals surface area contributed by atoms with Crippen molar-refractivity contribution in [2.45, 2.75) is 38.3 Å². The summed E-state index contributed by atoms with van der Waals surface area (Å²) in [6.07, 6.45) is 2.46. The summed E-state index contributed by atoms with van der Waals surface area (Å²) in [6.45, 7) is 3.87. The van der Waals surface area contributed by atoms with E-state index in [0.717, 1.165) is 25.9 Å². The van der Waals surface area contributed by atoms with E-state index in [-0.39, 0.29) is 24.7 Å². The maximum Gasteiger partial charge on any atom is 0.315 e. The van der Waals surface area contributed by atoms with Gasteiger partial charge < -0.3 is 25.5 Å². The summed E-state index contributed by atoms with van der Waals surface area (Å²) in [7, 11) is 4.08. The molecule has 0 unspecified atom stereocenters. The molecule has 1 heterocycles. The number of amides is 2. The highest BCUT2D eigenvalue weighted by atomic mass is 16.3. The van der Waals surface area contributed by atoms with Crippen molar-refractivity contribution in [1.29, 1.82) is 0 Å². The highest BCUT2D eigenvalue weighted by Crippen LogP contribution is 2.22. The summed E-state index contributed by atoms with van der Waals surface area (Å²) in [6, 6.07) is 8.66. The first-order valence-electron chi connectivity index (χ1n) is 8.70. The minimum Gasteiger partial charge on any atom is -0.396 e. The lowest BCUT2D eigenvalue weighted by atomic mass is 10.0. The molecule has 0 radical (unpaired) electrons. The normalized spacial score (nSPS) is 16.6. The SMILES string of the molecule is C[C@H](CCO)NC(=O)NC1CCN(c2ccc(N(C)C)cc2)CC1. The number of rotatable bonds is 6. The van der Waals surface area contributed by atoms with Crippen LogP contribution in [0.4, 0.5) is 16.2 Å². The van der Waals surface area contributed by atoms with Crippen LogP contribution in [0.5, 0.6) is 0 Å². The highest BCUT2D eigenvalue weighted by Gasteiger charge is 2.21. The molecule has 0 bridgehead atoms. The number of urea groups is 1. The first-order chi connectivity index (χ1) is 11.5. The molecule has 0 aliphatic carbocycles. The zero-order valence-electron chi connectivity index (χ0n) is 15.0. The number of carbonyl (C=O) groups is 1. The van der Waals surface area contributed by atoms with E-state index in [1.54, 1.807) is 0 Å². The quantitative estimate of drug-likeness (QED) is 0.742. The lowest BCUT2D eigenvalue weighted by Gasteiger charge is -2.34. The Morgan fingerprint density at radius 3 is 2.46 bits per heavy atom. The Bertz CT molecular complexity index is 510. The van der Waals surface area contributed by atoms with Crippen LogP contribution in [0.3, 0.4) is 0 Å². The monoisotopic (exact) mass is 334 g/mol. The number of hydrogen-bond donors (Lipinski definition) is 3. The first kappa shape index (κ1) is 18.4. The number of nitrogens with zero attached hydrogens (tertiary/aromatic N) is 2. The van der Waals surface area contributed by atoms with Crippen molar-refractivity contribution < 1.29 is 9.90 Å². The van der Waals surface area contributed by atoms with E-state index in [0.29, 0.717) is 6.42 Å². The second kappa shape index (κ2) is 8.78. The number of carbonyl (C=O) groups excluding carboxylic acids is 1. The fourth-order valence-corrected chi connectivity index (χ4v) is 2.96. The van der Waals surface area contributed by atoms with Gasteiger partial charge in [0.05, 0.1) is 0 Å². The lowest BCUT2D eigenvalue weighted by Crippen LogP contribution is -2.49. The van der Waals surface area contributed by atoms with Gasteiger partial charge >= 0.3 is 6.03 Å². The first-order valence-corrected chi connectivity index (χ1v) is 8.70. The van der Waals surface area contributed by atoms with Gasteiger partial charge in [-0.25, -0.2) is 4.79 Å².